The number of carbonyl (C=O) groups is 2. The molecule has 34 heavy (non-hydrogen) atoms. The highest BCUT2D eigenvalue weighted by Gasteiger charge is 2.36. The summed E-state index contributed by atoms with van der Waals surface area (Å²) in [6, 6.07) is 26.9. The second-order valence-electron chi connectivity index (χ2n) is 7.86. The van der Waals surface area contributed by atoms with Crippen LogP contribution < -0.4 is 10.1 Å². The molecule has 0 bridgehead atoms. The fraction of sp³-hybridized carbons (Fsp3) is 0.222. The summed E-state index contributed by atoms with van der Waals surface area (Å²) in [5.41, 5.74) is 2.56. The van der Waals surface area contributed by atoms with Crippen LogP contribution in [0.3, 0.4) is 0 Å². The number of thioether (sulfide) groups is 1. The minimum atomic E-state index is -0.578. The molecule has 2 amide bonds. The Balaban J connectivity index is 1.50. The molecule has 3 aromatic rings. The number of para-hydroxylation sites is 3. The zero-order valence-corrected chi connectivity index (χ0v) is 19.8. The van der Waals surface area contributed by atoms with Gasteiger partial charge in [-0.3, -0.25) is 14.5 Å². The standard InChI is InChI=1S/C27H27N3O3S/c1-33-23-17-9-8-16-22(23)29-26(32)24-19-25(31)30(18-10-13-20-11-4-2-5-12-20)27(34-24)28-21-14-6-3-7-15-21/h2-9,11-12,14-17,24H,10,13,18-19H2,1H3,(H,29,32). The molecule has 1 aliphatic heterocycles. The highest BCUT2D eigenvalue weighted by atomic mass is 32.2. The smallest absolute Gasteiger partial charge is 0.238 e. The van der Waals surface area contributed by atoms with Gasteiger partial charge in [0, 0.05) is 13.0 Å². The van der Waals surface area contributed by atoms with Crippen LogP contribution in [0, 0.1) is 0 Å². The van der Waals surface area contributed by atoms with Crippen LogP contribution >= 0.6 is 11.8 Å². The maximum Gasteiger partial charge on any atom is 0.238 e. The number of benzene rings is 3. The minimum absolute atomic E-state index is 0.0957. The van der Waals surface area contributed by atoms with E-state index in [4.69, 9.17) is 9.73 Å². The number of anilines is 1. The maximum absolute atomic E-state index is 13.2. The van der Waals surface area contributed by atoms with Crippen LogP contribution in [-0.2, 0) is 16.0 Å². The molecule has 0 radical (unpaired) electrons. The summed E-state index contributed by atoms with van der Waals surface area (Å²) in [4.78, 5) is 32.7. The third kappa shape index (κ3) is 6.05. The van der Waals surface area contributed by atoms with Gasteiger partial charge in [-0.1, -0.05) is 72.4 Å². The zero-order chi connectivity index (χ0) is 23.8. The largest absolute Gasteiger partial charge is 0.495 e. The van der Waals surface area contributed by atoms with E-state index in [9.17, 15) is 9.59 Å². The molecule has 1 fully saturated rings. The lowest BCUT2D eigenvalue weighted by Gasteiger charge is -2.32. The van der Waals surface area contributed by atoms with Crippen molar-refractivity contribution in [2.24, 2.45) is 4.99 Å². The van der Waals surface area contributed by atoms with Crippen LogP contribution in [0.15, 0.2) is 89.9 Å². The minimum Gasteiger partial charge on any atom is -0.495 e. The van der Waals surface area contributed by atoms with Gasteiger partial charge in [-0.25, -0.2) is 4.99 Å². The molecule has 3 aromatic carbocycles. The predicted octanol–water partition coefficient (Wildman–Crippen LogP) is 5.29. The molecule has 4 rings (SSSR count). The first-order valence-electron chi connectivity index (χ1n) is 11.2. The van der Waals surface area contributed by atoms with Gasteiger partial charge in [-0.2, -0.15) is 0 Å². The number of amidine groups is 1. The van der Waals surface area contributed by atoms with Gasteiger partial charge in [-0.15, -0.1) is 0 Å². The summed E-state index contributed by atoms with van der Waals surface area (Å²) in [5.74, 6) is 0.234. The van der Waals surface area contributed by atoms with Gasteiger partial charge < -0.3 is 10.1 Å². The molecule has 6 nitrogen and oxygen atoms in total. The number of nitrogens with one attached hydrogen (secondary N) is 1. The molecule has 1 aliphatic rings. The number of nitrogens with zero attached hydrogens (tertiary/aromatic N) is 2. The molecule has 0 aliphatic carbocycles. The molecule has 0 spiro atoms. The molecule has 1 saturated heterocycles. The van der Waals surface area contributed by atoms with Gasteiger partial charge in [0.05, 0.1) is 18.5 Å². The summed E-state index contributed by atoms with van der Waals surface area (Å²) in [6.45, 7) is 0.549. The number of methoxy groups -OCH3 is 1. The lowest BCUT2D eigenvalue weighted by molar-refractivity contribution is -0.129. The van der Waals surface area contributed by atoms with Crippen LogP contribution in [0.4, 0.5) is 11.4 Å². The topological polar surface area (TPSA) is 71.0 Å². The van der Waals surface area contributed by atoms with E-state index in [0.29, 0.717) is 23.1 Å². The highest BCUT2D eigenvalue weighted by molar-refractivity contribution is 8.15. The van der Waals surface area contributed by atoms with Crippen molar-refractivity contribution in [3.63, 3.8) is 0 Å². The number of hydrogen-bond acceptors (Lipinski definition) is 5. The molecular weight excluding hydrogens is 446 g/mol. The lowest BCUT2D eigenvalue weighted by Crippen LogP contribution is -2.45. The van der Waals surface area contributed by atoms with Crippen molar-refractivity contribution in [1.82, 2.24) is 4.90 Å². The van der Waals surface area contributed by atoms with Crippen molar-refractivity contribution in [1.29, 1.82) is 0 Å². The highest BCUT2D eigenvalue weighted by Crippen LogP contribution is 2.31. The van der Waals surface area contributed by atoms with Gasteiger partial charge in [0.15, 0.2) is 5.17 Å². The van der Waals surface area contributed by atoms with E-state index >= 15 is 0 Å². The Morgan fingerprint density at radius 2 is 1.71 bits per heavy atom. The van der Waals surface area contributed by atoms with Crippen molar-refractivity contribution < 1.29 is 14.3 Å². The van der Waals surface area contributed by atoms with Gasteiger partial charge in [0.25, 0.3) is 0 Å². The van der Waals surface area contributed by atoms with Gasteiger partial charge in [-0.05, 0) is 42.7 Å². The fourth-order valence-corrected chi connectivity index (χ4v) is 4.85. The van der Waals surface area contributed by atoms with Crippen molar-refractivity contribution in [3.8, 4) is 5.75 Å². The Kier molecular flexibility index (Phi) is 7.99. The quantitative estimate of drug-likeness (QED) is 0.483. The number of amides is 2. The van der Waals surface area contributed by atoms with E-state index in [1.807, 2.05) is 60.7 Å². The second kappa shape index (κ2) is 11.5. The lowest BCUT2D eigenvalue weighted by atomic mass is 10.1. The average molecular weight is 474 g/mol. The fourth-order valence-electron chi connectivity index (χ4n) is 3.72. The van der Waals surface area contributed by atoms with E-state index in [0.717, 1.165) is 18.5 Å². The second-order valence-corrected chi connectivity index (χ2v) is 9.03. The van der Waals surface area contributed by atoms with Crippen LogP contribution in [0.2, 0.25) is 0 Å². The normalized spacial score (nSPS) is 17.0. The van der Waals surface area contributed by atoms with E-state index in [1.165, 1.54) is 17.3 Å². The number of rotatable bonds is 8. The van der Waals surface area contributed by atoms with Gasteiger partial charge in [0.2, 0.25) is 11.8 Å². The van der Waals surface area contributed by atoms with E-state index in [-0.39, 0.29) is 18.2 Å². The van der Waals surface area contributed by atoms with Crippen molar-refractivity contribution in [2.75, 3.05) is 19.0 Å². The van der Waals surface area contributed by atoms with Crippen molar-refractivity contribution in [3.05, 3.63) is 90.5 Å². The Morgan fingerprint density at radius 3 is 2.44 bits per heavy atom. The Bertz CT molecular complexity index is 1150. The first-order valence-corrected chi connectivity index (χ1v) is 12.1. The predicted molar refractivity (Wildman–Crippen MR) is 138 cm³/mol. The van der Waals surface area contributed by atoms with Crippen LogP contribution in [-0.4, -0.2) is 40.8 Å². The van der Waals surface area contributed by atoms with E-state index < -0.39 is 5.25 Å². The van der Waals surface area contributed by atoms with Crippen molar-refractivity contribution in [2.45, 2.75) is 24.5 Å². The van der Waals surface area contributed by atoms with Gasteiger partial charge in [0.1, 0.15) is 11.0 Å². The molecule has 0 aromatic heterocycles. The van der Waals surface area contributed by atoms with Crippen molar-refractivity contribution >= 4 is 40.1 Å². The summed E-state index contributed by atoms with van der Waals surface area (Å²) >= 11 is 1.33. The maximum atomic E-state index is 13.2. The summed E-state index contributed by atoms with van der Waals surface area (Å²) in [7, 11) is 1.56. The Hall–Kier alpha value is -3.58. The van der Waals surface area contributed by atoms with Crippen LogP contribution in [0.1, 0.15) is 18.4 Å². The first kappa shape index (κ1) is 23.6. The third-order valence-corrected chi connectivity index (χ3v) is 6.66. The number of hydrogen-bond donors (Lipinski definition) is 1. The molecular formula is C27H27N3O3S. The summed E-state index contributed by atoms with van der Waals surface area (Å²) in [5, 5.41) is 2.88. The molecule has 0 saturated carbocycles. The number of aryl methyl sites for hydroxylation is 1. The number of aliphatic imine (C=N–C) groups is 1. The van der Waals surface area contributed by atoms with Crippen LogP contribution in [0.25, 0.3) is 0 Å². The monoisotopic (exact) mass is 473 g/mol. The Morgan fingerprint density at radius 1 is 1.03 bits per heavy atom. The molecule has 1 heterocycles. The van der Waals surface area contributed by atoms with Gasteiger partial charge >= 0.3 is 0 Å². The van der Waals surface area contributed by atoms with E-state index in [1.54, 1.807) is 24.1 Å². The third-order valence-electron chi connectivity index (χ3n) is 5.47. The molecule has 1 N–H and O–H groups in total. The molecule has 1 atom stereocenters. The SMILES string of the molecule is COc1ccccc1NC(=O)C1CC(=O)N(CCCc2ccccc2)C(=Nc2ccccc2)S1. The molecule has 174 valence electrons. The number of carbonyl (C=O) groups excluding carboxylic acids is 2. The molecule has 7 heteroatoms. The first-order chi connectivity index (χ1) is 16.6. The Labute approximate surface area is 204 Å². The average Bonchev–Trinajstić information content (AvgIpc) is 2.87. The summed E-state index contributed by atoms with van der Waals surface area (Å²) in [6.07, 6.45) is 1.79. The molecule has 1 unspecified atom stereocenters. The van der Waals surface area contributed by atoms with E-state index in [2.05, 4.69) is 17.4 Å². The number of ether oxygens (including phenoxy) is 1. The summed E-state index contributed by atoms with van der Waals surface area (Å²) < 4.78 is 5.33. The van der Waals surface area contributed by atoms with Crippen LogP contribution in [0.5, 0.6) is 5.75 Å². The zero-order valence-electron chi connectivity index (χ0n) is 19.0.